The smallest absolute Gasteiger partial charge is 0.374 e. The van der Waals surface area contributed by atoms with E-state index in [1.165, 1.54) is 13.4 Å². The van der Waals surface area contributed by atoms with E-state index in [-0.39, 0.29) is 11.8 Å². The van der Waals surface area contributed by atoms with E-state index in [0.29, 0.717) is 6.54 Å². The molecule has 0 fully saturated rings. The van der Waals surface area contributed by atoms with Crippen molar-refractivity contribution in [1.29, 1.82) is 0 Å². The van der Waals surface area contributed by atoms with Crippen LogP contribution in [0.1, 0.15) is 34.6 Å². The summed E-state index contributed by atoms with van der Waals surface area (Å²) in [5.74, 6) is -0.218. The molecule has 0 spiro atoms. The lowest BCUT2D eigenvalue weighted by Crippen LogP contribution is -2.19. The van der Waals surface area contributed by atoms with Crippen LogP contribution < -0.4 is 5.32 Å². The van der Waals surface area contributed by atoms with Gasteiger partial charge in [-0.1, -0.05) is 6.07 Å². The molecule has 0 unspecified atom stereocenters. The van der Waals surface area contributed by atoms with Gasteiger partial charge in [0, 0.05) is 30.5 Å². The predicted molar refractivity (Wildman–Crippen MR) is 69.5 cm³/mol. The summed E-state index contributed by atoms with van der Waals surface area (Å²) in [5.41, 5.74) is 1.87. The maximum Gasteiger partial charge on any atom is 0.374 e. The van der Waals surface area contributed by atoms with Crippen molar-refractivity contribution in [3.05, 3.63) is 53.7 Å². The Morgan fingerprint density at radius 1 is 1.53 bits per heavy atom. The Hall–Kier alpha value is -2.14. The number of hydrogen-bond donors (Lipinski definition) is 1. The van der Waals surface area contributed by atoms with Crippen molar-refractivity contribution >= 4 is 5.97 Å². The zero-order valence-electron chi connectivity index (χ0n) is 10.9. The molecule has 0 aromatic carbocycles. The molecule has 1 N–H and O–H groups in total. The molecule has 1 atom stereocenters. The van der Waals surface area contributed by atoms with E-state index >= 15 is 0 Å². The van der Waals surface area contributed by atoms with Gasteiger partial charge in [-0.15, -0.1) is 0 Å². The number of hydrogen-bond acceptors (Lipinski definition) is 5. The van der Waals surface area contributed by atoms with E-state index in [4.69, 9.17) is 4.42 Å². The highest BCUT2D eigenvalue weighted by atomic mass is 16.5. The Morgan fingerprint density at radius 2 is 2.37 bits per heavy atom. The Morgan fingerprint density at radius 3 is 3.05 bits per heavy atom. The number of carbonyl (C=O) groups excluding carboxylic acids is 1. The number of methoxy groups -OCH3 is 1. The van der Waals surface area contributed by atoms with Gasteiger partial charge < -0.3 is 14.5 Å². The molecule has 5 nitrogen and oxygen atoms in total. The number of rotatable bonds is 5. The lowest BCUT2D eigenvalue weighted by atomic mass is 10.1. The average molecular weight is 260 g/mol. The zero-order chi connectivity index (χ0) is 13.7. The molecule has 0 saturated carbocycles. The molecule has 5 heteroatoms. The number of nitrogens with zero attached hydrogens (tertiary/aromatic N) is 1. The zero-order valence-corrected chi connectivity index (χ0v) is 10.9. The van der Waals surface area contributed by atoms with Gasteiger partial charge in [0.05, 0.1) is 13.4 Å². The molecule has 0 radical (unpaired) electrons. The molecule has 100 valence electrons. The van der Waals surface area contributed by atoms with Crippen LogP contribution in [-0.4, -0.2) is 18.1 Å². The minimum absolute atomic E-state index is 0.133. The number of carbonyl (C=O) groups is 1. The minimum Gasteiger partial charge on any atom is -0.463 e. The van der Waals surface area contributed by atoms with E-state index in [1.54, 1.807) is 12.3 Å². The third kappa shape index (κ3) is 3.20. The van der Waals surface area contributed by atoms with Crippen molar-refractivity contribution in [3.8, 4) is 0 Å². The van der Waals surface area contributed by atoms with Crippen molar-refractivity contribution in [2.24, 2.45) is 0 Å². The molecule has 0 bridgehead atoms. The second-order valence-corrected chi connectivity index (χ2v) is 4.16. The molecule has 0 aliphatic heterocycles. The number of furan rings is 1. The molecular weight excluding hydrogens is 244 g/mol. The minimum atomic E-state index is -0.462. The van der Waals surface area contributed by atoms with Gasteiger partial charge in [0.2, 0.25) is 5.76 Å². The van der Waals surface area contributed by atoms with Gasteiger partial charge in [0.25, 0.3) is 0 Å². The number of ether oxygens (including phenoxy) is 1. The van der Waals surface area contributed by atoms with E-state index in [9.17, 15) is 4.79 Å². The molecule has 19 heavy (non-hydrogen) atoms. The molecule has 0 aliphatic rings. The molecule has 2 rings (SSSR count). The normalized spacial score (nSPS) is 12.1. The van der Waals surface area contributed by atoms with Crippen LogP contribution in [0.15, 0.2) is 41.3 Å². The van der Waals surface area contributed by atoms with Crippen LogP contribution >= 0.6 is 0 Å². The molecule has 0 saturated heterocycles. The number of esters is 1. The lowest BCUT2D eigenvalue weighted by molar-refractivity contribution is 0.0563. The van der Waals surface area contributed by atoms with E-state index in [2.05, 4.69) is 15.0 Å². The van der Waals surface area contributed by atoms with E-state index in [1.807, 2.05) is 25.3 Å². The summed E-state index contributed by atoms with van der Waals surface area (Å²) in [6, 6.07) is 5.79. The van der Waals surface area contributed by atoms with E-state index in [0.717, 1.165) is 11.1 Å². The fourth-order valence-corrected chi connectivity index (χ4v) is 1.76. The van der Waals surface area contributed by atoms with Crippen molar-refractivity contribution in [1.82, 2.24) is 10.3 Å². The monoisotopic (exact) mass is 260 g/mol. The van der Waals surface area contributed by atoms with Gasteiger partial charge in [-0.05, 0) is 24.6 Å². The molecule has 2 heterocycles. The van der Waals surface area contributed by atoms with Crippen LogP contribution in [-0.2, 0) is 11.3 Å². The Labute approximate surface area is 111 Å². The van der Waals surface area contributed by atoms with Gasteiger partial charge in [0.15, 0.2) is 0 Å². The number of aromatic nitrogens is 1. The predicted octanol–water partition coefficient (Wildman–Crippen LogP) is 2.31. The molecule has 0 amide bonds. The first-order valence-corrected chi connectivity index (χ1v) is 6.00. The summed E-state index contributed by atoms with van der Waals surface area (Å²) < 4.78 is 9.78. The van der Waals surface area contributed by atoms with Crippen LogP contribution in [0.2, 0.25) is 0 Å². The number of nitrogens with one attached hydrogen (secondary N) is 1. The second kappa shape index (κ2) is 6.15. The Kier molecular flexibility index (Phi) is 4.30. The summed E-state index contributed by atoms with van der Waals surface area (Å²) in [5, 5.41) is 3.31. The lowest BCUT2D eigenvalue weighted by Gasteiger charge is -2.13. The summed E-state index contributed by atoms with van der Waals surface area (Å²) >= 11 is 0. The van der Waals surface area contributed by atoms with Crippen LogP contribution in [0.4, 0.5) is 0 Å². The first-order chi connectivity index (χ1) is 9.22. The number of pyridine rings is 1. The molecule has 2 aromatic rings. The van der Waals surface area contributed by atoms with Gasteiger partial charge in [-0.3, -0.25) is 4.98 Å². The molecular formula is C14H16N2O3. The average Bonchev–Trinajstić information content (AvgIpc) is 2.93. The van der Waals surface area contributed by atoms with Crippen molar-refractivity contribution < 1.29 is 13.9 Å². The van der Waals surface area contributed by atoms with Crippen molar-refractivity contribution in [3.63, 3.8) is 0 Å². The maximum absolute atomic E-state index is 11.5. The molecule has 2 aromatic heterocycles. The largest absolute Gasteiger partial charge is 0.463 e. The quantitative estimate of drug-likeness (QED) is 0.836. The summed E-state index contributed by atoms with van der Waals surface area (Å²) in [6.07, 6.45) is 5.04. The highest BCUT2D eigenvalue weighted by Gasteiger charge is 2.16. The topological polar surface area (TPSA) is 64.4 Å². The first kappa shape index (κ1) is 13.3. The highest BCUT2D eigenvalue weighted by Crippen LogP contribution is 2.15. The van der Waals surface area contributed by atoms with Crippen LogP contribution in [0, 0.1) is 0 Å². The van der Waals surface area contributed by atoms with Gasteiger partial charge >= 0.3 is 5.97 Å². The van der Waals surface area contributed by atoms with Gasteiger partial charge in [-0.25, -0.2) is 4.79 Å². The third-order valence-corrected chi connectivity index (χ3v) is 2.90. The summed E-state index contributed by atoms with van der Waals surface area (Å²) in [4.78, 5) is 15.5. The summed E-state index contributed by atoms with van der Waals surface area (Å²) in [7, 11) is 1.33. The van der Waals surface area contributed by atoms with Gasteiger partial charge in [0.1, 0.15) is 0 Å². The fraction of sp³-hybridized carbons (Fsp3) is 0.286. The maximum atomic E-state index is 11.5. The van der Waals surface area contributed by atoms with Crippen molar-refractivity contribution in [2.75, 3.05) is 7.11 Å². The SMILES string of the molecule is COC(=O)c1occc1CN[C@@H](C)c1cccnc1. The van der Waals surface area contributed by atoms with Crippen LogP contribution in [0.25, 0.3) is 0 Å². The van der Waals surface area contributed by atoms with Gasteiger partial charge in [-0.2, -0.15) is 0 Å². The van der Waals surface area contributed by atoms with E-state index < -0.39 is 5.97 Å². The Bertz CT molecular complexity index is 537. The highest BCUT2D eigenvalue weighted by molar-refractivity contribution is 5.87. The molecule has 0 aliphatic carbocycles. The fourth-order valence-electron chi connectivity index (χ4n) is 1.76. The van der Waals surface area contributed by atoms with Crippen LogP contribution in [0.5, 0.6) is 0 Å². The second-order valence-electron chi connectivity index (χ2n) is 4.16. The third-order valence-electron chi connectivity index (χ3n) is 2.90. The first-order valence-electron chi connectivity index (χ1n) is 6.00. The standard InChI is InChI=1S/C14H16N2O3/c1-10(11-4-3-6-15-8-11)16-9-12-5-7-19-13(12)14(17)18-2/h3-8,10,16H,9H2,1-2H3/t10-/m0/s1. The summed E-state index contributed by atoms with van der Waals surface area (Å²) in [6.45, 7) is 2.56. The Balaban J connectivity index is 2.00. The van der Waals surface area contributed by atoms with Crippen LogP contribution in [0.3, 0.4) is 0 Å². The van der Waals surface area contributed by atoms with Crippen molar-refractivity contribution in [2.45, 2.75) is 19.5 Å².